The van der Waals surface area contributed by atoms with Crippen molar-refractivity contribution >= 4 is 5.91 Å². The molecule has 23 heavy (non-hydrogen) atoms. The van der Waals surface area contributed by atoms with Crippen molar-refractivity contribution < 1.29 is 15.0 Å². The molecule has 4 rings (SSSR count). The molecule has 0 radical (unpaired) electrons. The minimum atomic E-state index is -0.648. The SMILES string of the molecule is CC1CCc2[nH]nc(C(=O)N3C[C@H]4C[C@H](O)[C@@H](O)C[C@H]4C3)c2C1. The van der Waals surface area contributed by atoms with Gasteiger partial charge < -0.3 is 15.1 Å². The molecule has 2 aliphatic carbocycles. The fraction of sp³-hybridized carbons (Fsp3) is 0.765. The van der Waals surface area contributed by atoms with Gasteiger partial charge in [0, 0.05) is 24.3 Å². The summed E-state index contributed by atoms with van der Waals surface area (Å²) in [5.41, 5.74) is 2.81. The number of H-pyrrole nitrogens is 1. The number of aryl methyl sites for hydroxylation is 1. The van der Waals surface area contributed by atoms with Gasteiger partial charge in [-0.05, 0) is 49.9 Å². The highest BCUT2D eigenvalue weighted by atomic mass is 16.3. The van der Waals surface area contributed by atoms with E-state index >= 15 is 0 Å². The van der Waals surface area contributed by atoms with E-state index in [0.29, 0.717) is 49.4 Å². The second kappa shape index (κ2) is 5.60. The molecule has 1 unspecified atom stereocenters. The van der Waals surface area contributed by atoms with Gasteiger partial charge in [0.25, 0.3) is 5.91 Å². The van der Waals surface area contributed by atoms with Gasteiger partial charge in [-0.3, -0.25) is 9.89 Å². The van der Waals surface area contributed by atoms with Crippen molar-refractivity contribution in [3.05, 3.63) is 17.0 Å². The van der Waals surface area contributed by atoms with Gasteiger partial charge in [-0.1, -0.05) is 6.92 Å². The van der Waals surface area contributed by atoms with E-state index in [-0.39, 0.29) is 5.91 Å². The van der Waals surface area contributed by atoms with Crippen LogP contribution in [0.3, 0.4) is 0 Å². The van der Waals surface area contributed by atoms with Crippen LogP contribution < -0.4 is 0 Å². The van der Waals surface area contributed by atoms with Gasteiger partial charge in [0.05, 0.1) is 12.2 Å². The number of aliphatic hydroxyl groups excluding tert-OH is 2. The van der Waals surface area contributed by atoms with E-state index in [1.165, 1.54) is 0 Å². The minimum Gasteiger partial charge on any atom is -0.390 e. The molecular weight excluding hydrogens is 294 g/mol. The first-order valence-electron chi connectivity index (χ1n) is 8.74. The normalized spacial score (nSPS) is 36.7. The number of likely N-dealkylation sites (tertiary alicyclic amines) is 1. The molecule has 1 saturated carbocycles. The summed E-state index contributed by atoms with van der Waals surface area (Å²) in [6, 6.07) is 0. The Bertz CT molecular complexity index is 596. The molecule has 0 aromatic carbocycles. The summed E-state index contributed by atoms with van der Waals surface area (Å²) in [6.45, 7) is 3.56. The van der Waals surface area contributed by atoms with E-state index in [4.69, 9.17) is 0 Å². The number of amides is 1. The average Bonchev–Trinajstić information content (AvgIpc) is 3.10. The highest BCUT2D eigenvalue weighted by Gasteiger charge is 2.43. The minimum absolute atomic E-state index is 0.00924. The lowest BCUT2D eigenvalue weighted by Crippen LogP contribution is -2.38. The van der Waals surface area contributed by atoms with Gasteiger partial charge in [-0.2, -0.15) is 5.10 Å². The Morgan fingerprint density at radius 1 is 1.22 bits per heavy atom. The number of aromatic nitrogens is 2. The Labute approximate surface area is 135 Å². The van der Waals surface area contributed by atoms with Crippen LogP contribution in [0.4, 0.5) is 0 Å². The number of fused-ring (bicyclic) bond motifs is 2. The lowest BCUT2D eigenvalue weighted by molar-refractivity contribution is -0.0372. The van der Waals surface area contributed by atoms with Crippen molar-refractivity contribution in [3.63, 3.8) is 0 Å². The number of carbonyl (C=O) groups is 1. The number of rotatable bonds is 1. The van der Waals surface area contributed by atoms with Crippen molar-refractivity contribution in [2.75, 3.05) is 13.1 Å². The molecule has 6 nitrogen and oxygen atoms in total. The van der Waals surface area contributed by atoms with Crippen molar-refractivity contribution in [2.24, 2.45) is 17.8 Å². The molecule has 2 fully saturated rings. The highest BCUT2D eigenvalue weighted by Crippen LogP contribution is 2.37. The Kier molecular flexibility index (Phi) is 3.69. The van der Waals surface area contributed by atoms with Crippen LogP contribution >= 0.6 is 0 Å². The first kappa shape index (κ1) is 15.1. The first-order chi connectivity index (χ1) is 11.0. The van der Waals surface area contributed by atoms with Crippen LogP contribution in [0.2, 0.25) is 0 Å². The number of aliphatic hydroxyl groups is 2. The number of nitrogens with zero attached hydrogens (tertiary/aromatic N) is 2. The van der Waals surface area contributed by atoms with Crippen molar-refractivity contribution in [1.29, 1.82) is 0 Å². The fourth-order valence-corrected chi connectivity index (χ4v) is 4.57. The Hall–Kier alpha value is -1.40. The molecule has 1 aromatic rings. The molecule has 5 atom stereocenters. The Balaban J connectivity index is 1.52. The molecular formula is C17H25N3O3. The summed E-state index contributed by atoms with van der Waals surface area (Å²) in [6.07, 6.45) is 2.92. The maximum atomic E-state index is 12.9. The van der Waals surface area contributed by atoms with Gasteiger partial charge in [0.15, 0.2) is 5.69 Å². The molecule has 0 bridgehead atoms. The van der Waals surface area contributed by atoms with Gasteiger partial charge >= 0.3 is 0 Å². The topological polar surface area (TPSA) is 89.5 Å². The monoisotopic (exact) mass is 319 g/mol. The van der Waals surface area contributed by atoms with Crippen molar-refractivity contribution in [3.8, 4) is 0 Å². The van der Waals surface area contributed by atoms with Crippen LogP contribution in [0.15, 0.2) is 0 Å². The van der Waals surface area contributed by atoms with Crippen LogP contribution in [0.1, 0.15) is 47.9 Å². The molecule has 1 aliphatic heterocycles. The smallest absolute Gasteiger partial charge is 0.274 e. The third-order valence-corrected chi connectivity index (χ3v) is 5.99. The van der Waals surface area contributed by atoms with Crippen LogP contribution in [-0.4, -0.2) is 56.5 Å². The lowest BCUT2D eigenvalue weighted by Gasteiger charge is -2.31. The summed E-state index contributed by atoms with van der Waals surface area (Å²) >= 11 is 0. The predicted octanol–water partition coefficient (Wildman–Crippen LogP) is 0.738. The largest absolute Gasteiger partial charge is 0.390 e. The summed E-state index contributed by atoms with van der Waals surface area (Å²) in [5.74, 6) is 1.20. The number of nitrogens with one attached hydrogen (secondary N) is 1. The predicted molar refractivity (Wildman–Crippen MR) is 83.9 cm³/mol. The molecule has 1 amide bonds. The van der Waals surface area contributed by atoms with Gasteiger partial charge in [-0.15, -0.1) is 0 Å². The Morgan fingerprint density at radius 2 is 1.87 bits per heavy atom. The fourth-order valence-electron chi connectivity index (χ4n) is 4.57. The summed E-state index contributed by atoms with van der Waals surface area (Å²) < 4.78 is 0. The maximum Gasteiger partial charge on any atom is 0.274 e. The molecule has 2 heterocycles. The number of aromatic amines is 1. The van der Waals surface area contributed by atoms with Crippen LogP contribution in [-0.2, 0) is 12.8 Å². The van der Waals surface area contributed by atoms with Crippen LogP contribution in [0.25, 0.3) is 0 Å². The average molecular weight is 319 g/mol. The molecule has 126 valence electrons. The third-order valence-electron chi connectivity index (χ3n) is 5.99. The number of carbonyl (C=O) groups excluding carboxylic acids is 1. The maximum absolute atomic E-state index is 12.9. The van der Waals surface area contributed by atoms with Crippen molar-refractivity contribution in [1.82, 2.24) is 15.1 Å². The van der Waals surface area contributed by atoms with E-state index in [9.17, 15) is 15.0 Å². The number of hydrogen-bond donors (Lipinski definition) is 3. The molecule has 0 spiro atoms. The summed E-state index contributed by atoms with van der Waals surface area (Å²) in [7, 11) is 0. The third kappa shape index (κ3) is 2.58. The molecule has 1 aromatic heterocycles. The van der Waals surface area contributed by atoms with E-state index in [2.05, 4.69) is 17.1 Å². The quantitative estimate of drug-likeness (QED) is 0.712. The Morgan fingerprint density at radius 3 is 2.52 bits per heavy atom. The second-order valence-electron chi connectivity index (χ2n) is 7.71. The van der Waals surface area contributed by atoms with Gasteiger partial charge in [0.2, 0.25) is 0 Å². The van der Waals surface area contributed by atoms with Crippen LogP contribution in [0, 0.1) is 17.8 Å². The van der Waals surface area contributed by atoms with E-state index < -0.39 is 12.2 Å². The highest BCUT2D eigenvalue weighted by molar-refractivity contribution is 5.94. The first-order valence-corrected chi connectivity index (χ1v) is 8.74. The number of hydrogen-bond acceptors (Lipinski definition) is 4. The van der Waals surface area contributed by atoms with E-state index in [1.54, 1.807) is 0 Å². The zero-order valence-corrected chi connectivity index (χ0v) is 13.5. The second-order valence-corrected chi connectivity index (χ2v) is 7.71. The molecule has 1 saturated heterocycles. The van der Waals surface area contributed by atoms with Crippen LogP contribution in [0.5, 0.6) is 0 Å². The zero-order chi connectivity index (χ0) is 16.1. The van der Waals surface area contributed by atoms with Crippen molar-refractivity contribution in [2.45, 2.75) is 51.2 Å². The van der Waals surface area contributed by atoms with Gasteiger partial charge in [-0.25, -0.2) is 0 Å². The zero-order valence-electron chi connectivity index (χ0n) is 13.5. The summed E-state index contributed by atoms with van der Waals surface area (Å²) in [4.78, 5) is 14.8. The van der Waals surface area contributed by atoms with E-state index in [1.807, 2.05) is 4.90 Å². The van der Waals surface area contributed by atoms with Gasteiger partial charge in [0.1, 0.15) is 0 Å². The lowest BCUT2D eigenvalue weighted by atomic mass is 9.79. The standard InChI is InChI=1S/C17H25N3O3/c1-9-2-3-13-12(4-9)16(19-18-13)17(23)20-7-10-5-14(21)15(22)6-11(10)8-20/h9-11,14-15,21-22H,2-8H2,1H3,(H,18,19)/t9?,10-,11+,14-,15-/m0/s1. The molecule has 6 heteroatoms. The molecule has 3 aliphatic rings. The summed E-state index contributed by atoms with van der Waals surface area (Å²) in [5, 5.41) is 27.1. The molecule has 3 N–H and O–H groups in total. The van der Waals surface area contributed by atoms with E-state index in [0.717, 1.165) is 30.5 Å².